The summed E-state index contributed by atoms with van der Waals surface area (Å²) in [7, 11) is 0. The summed E-state index contributed by atoms with van der Waals surface area (Å²) in [5.74, 6) is -0.487. The van der Waals surface area contributed by atoms with Crippen molar-refractivity contribution in [2.24, 2.45) is 5.16 Å². The van der Waals surface area contributed by atoms with Gasteiger partial charge in [-0.2, -0.15) is 0 Å². The molecule has 2 aliphatic rings. The predicted molar refractivity (Wildman–Crippen MR) is 93.6 cm³/mol. The number of nitrogens with zero attached hydrogens (tertiary/aromatic N) is 3. The van der Waals surface area contributed by atoms with Gasteiger partial charge in [-0.3, -0.25) is 9.59 Å². The lowest BCUT2D eigenvalue weighted by Gasteiger charge is -2.35. The molecule has 140 valence electrons. The summed E-state index contributed by atoms with van der Waals surface area (Å²) >= 11 is 0. The van der Waals surface area contributed by atoms with Crippen LogP contribution in [0.1, 0.15) is 22.5 Å². The number of furan rings is 1. The average molecular weight is 371 g/mol. The molecule has 7 nitrogen and oxygen atoms in total. The van der Waals surface area contributed by atoms with Crippen molar-refractivity contribution in [2.45, 2.75) is 12.5 Å². The number of halogens is 1. The van der Waals surface area contributed by atoms with E-state index in [2.05, 4.69) is 5.16 Å². The van der Waals surface area contributed by atoms with E-state index in [1.54, 1.807) is 40.1 Å². The van der Waals surface area contributed by atoms with E-state index in [9.17, 15) is 14.0 Å². The Morgan fingerprint density at radius 1 is 1.04 bits per heavy atom. The first-order chi connectivity index (χ1) is 13.1. The lowest BCUT2D eigenvalue weighted by molar-refractivity contribution is -0.143. The van der Waals surface area contributed by atoms with Gasteiger partial charge in [-0.25, -0.2) is 4.39 Å². The molecule has 3 heterocycles. The van der Waals surface area contributed by atoms with Gasteiger partial charge in [0, 0.05) is 38.2 Å². The summed E-state index contributed by atoms with van der Waals surface area (Å²) in [6, 6.07) is 9.56. The zero-order chi connectivity index (χ0) is 18.8. The Morgan fingerprint density at radius 2 is 1.78 bits per heavy atom. The standard InChI is InChI=1S/C19H18FN3O4/c20-14-5-2-1-4-13(14)15-12-17(27-21-15)19(25)23-9-7-22(8-10-23)18(24)16-6-3-11-26-16/h1-6,11,17H,7-10,12H2/t17-/m0/s1. The summed E-state index contributed by atoms with van der Waals surface area (Å²) in [5, 5.41) is 3.89. The van der Waals surface area contributed by atoms with Gasteiger partial charge in [-0.05, 0) is 18.2 Å². The minimum absolute atomic E-state index is 0.186. The first kappa shape index (κ1) is 17.3. The number of hydrogen-bond acceptors (Lipinski definition) is 5. The van der Waals surface area contributed by atoms with E-state index in [4.69, 9.17) is 9.25 Å². The van der Waals surface area contributed by atoms with Crippen molar-refractivity contribution in [1.29, 1.82) is 0 Å². The minimum Gasteiger partial charge on any atom is -0.459 e. The SMILES string of the molecule is O=C(c1ccco1)N1CCN(C(=O)[C@@H]2CC(c3ccccc3F)=NO2)CC1. The van der Waals surface area contributed by atoms with Crippen LogP contribution >= 0.6 is 0 Å². The molecule has 2 aliphatic heterocycles. The maximum absolute atomic E-state index is 13.9. The minimum atomic E-state index is -0.757. The third-order valence-electron chi connectivity index (χ3n) is 4.74. The fourth-order valence-corrected chi connectivity index (χ4v) is 3.25. The number of rotatable bonds is 3. The second-order valence-corrected chi connectivity index (χ2v) is 6.41. The molecule has 0 N–H and O–H groups in total. The Kier molecular flexibility index (Phi) is 4.62. The number of hydrogen-bond donors (Lipinski definition) is 0. The van der Waals surface area contributed by atoms with Gasteiger partial charge >= 0.3 is 0 Å². The van der Waals surface area contributed by atoms with Crippen LogP contribution in [0.5, 0.6) is 0 Å². The van der Waals surface area contributed by atoms with Crippen molar-refractivity contribution in [2.75, 3.05) is 26.2 Å². The fourth-order valence-electron chi connectivity index (χ4n) is 3.25. The Morgan fingerprint density at radius 3 is 2.48 bits per heavy atom. The number of amides is 2. The summed E-state index contributed by atoms with van der Waals surface area (Å²) in [5.41, 5.74) is 0.778. The highest BCUT2D eigenvalue weighted by Gasteiger charge is 2.35. The molecule has 0 aliphatic carbocycles. The highest BCUT2D eigenvalue weighted by atomic mass is 19.1. The van der Waals surface area contributed by atoms with E-state index >= 15 is 0 Å². The van der Waals surface area contributed by atoms with Crippen molar-refractivity contribution < 1.29 is 23.2 Å². The number of carbonyl (C=O) groups is 2. The van der Waals surface area contributed by atoms with Gasteiger partial charge in [0.2, 0.25) is 6.10 Å². The van der Waals surface area contributed by atoms with E-state index in [1.165, 1.54) is 12.3 Å². The van der Waals surface area contributed by atoms with E-state index in [0.717, 1.165) is 0 Å². The molecule has 1 atom stereocenters. The zero-order valence-electron chi connectivity index (χ0n) is 14.5. The van der Waals surface area contributed by atoms with Crippen LogP contribution in [0.15, 0.2) is 52.2 Å². The topological polar surface area (TPSA) is 75.4 Å². The zero-order valence-corrected chi connectivity index (χ0v) is 14.5. The quantitative estimate of drug-likeness (QED) is 0.826. The third-order valence-corrected chi connectivity index (χ3v) is 4.74. The molecule has 0 radical (unpaired) electrons. The largest absolute Gasteiger partial charge is 0.459 e. The van der Waals surface area contributed by atoms with Crippen LogP contribution in [-0.2, 0) is 9.63 Å². The lowest BCUT2D eigenvalue weighted by Crippen LogP contribution is -2.52. The normalized spacial score (nSPS) is 19.6. The van der Waals surface area contributed by atoms with Gasteiger partial charge < -0.3 is 19.1 Å². The molecule has 27 heavy (non-hydrogen) atoms. The van der Waals surface area contributed by atoms with E-state index < -0.39 is 11.9 Å². The van der Waals surface area contributed by atoms with E-state index in [0.29, 0.717) is 37.5 Å². The predicted octanol–water partition coefficient (Wildman–Crippen LogP) is 1.90. The Bertz CT molecular complexity index is 873. The highest BCUT2D eigenvalue weighted by molar-refractivity contribution is 6.04. The third kappa shape index (κ3) is 3.42. The molecule has 1 saturated heterocycles. The van der Waals surface area contributed by atoms with Crippen LogP contribution in [0.3, 0.4) is 0 Å². The lowest BCUT2D eigenvalue weighted by atomic mass is 10.0. The van der Waals surface area contributed by atoms with Crippen LogP contribution in [0.25, 0.3) is 0 Å². The van der Waals surface area contributed by atoms with Crippen LogP contribution in [0.4, 0.5) is 4.39 Å². The van der Waals surface area contributed by atoms with Crippen LogP contribution < -0.4 is 0 Å². The van der Waals surface area contributed by atoms with Gasteiger partial charge in [0.05, 0.1) is 12.0 Å². The van der Waals surface area contributed by atoms with Gasteiger partial charge in [-0.15, -0.1) is 0 Å². The molecule has 0 spiro atoms. The number of oxime groups is 1. The molecular weight excluding hydrogens is 353 g/mol. The van der Waals surface area contributed by atoms with Gasteiger partial charge in [-0.1, -0.05) is 23.4 Å². The van der Waals surface area contributed by atoms with Gasteiger partial charge in [0.15, 0.2) is 5.76 Å². The molecule has 4 rings (SSSR count). The molecule has 0 unspecified atom stereocenters. The molecule has 2 amide bonds. The van der Waals surface area contributed by atoms with Crippen molar-refractivity contribution in [3.8, 4) is 0 Å². The summed E-state index contributed by atoms with van der Waals surface area (Å²) in [4.78, 5) is 33.5. The highest BCUT2D eigenvalue weighted by Crippen LogP contribution is 2.21. The number of carbonyl (C=O) groups excluding carboxylic acids is 2. The fraction of sp³-hybridized carbons (Fsp3) is 0.316. The van der Waals surface area contributed by atoms with Crippen LogP contribution in [0, 0.1) is 5.82 Å². The maximum Gasteiger partial charge on any atom is 0.289 e. The smallest absolute Gasteiger partial charge is 0.289 e. The van der Waals surface area contributed by atoms with Crippen molar-refractivity contribution in [3.05, 3.63) is 59.8 Å². The van der Waals surface area contributed by atoms with Gasteiger partial charge in [0.25, 0.3) is 11.8 Å². The first-order valence-corrected chi connectivity index (χ1v) is 8.72. The molecule has 0 saturated carbocycles. The summed E-state index contributed by atoms with van der Waals surface area (Å²) in [6.07, 6.45) is 0.926. The van der Waals surface area contributed by atoms with Crippen molar-refractivity contribution in [1.82, 2.24) is 9.80 Å². The van der Waals surface area contributed by atoms with Crippen LogP contribution in [-0.4, -0.2) is 59.6 Å². The molecule has 1 aromatic carbocycles. The van der Waals surface area contributed by atoms with E-state index in [1.807, 2.05) is 0 Å². The molecule has 8 heteroatoms. The van der Waals surface area contributed by atoms with Crippen molar-refractivity contribution >= 4 is 17.5 Å². The second kappa shape index (κ2) is 7.22. The Labute approximate surface area is 155 Å². The molecule has 2 aromatic rings. The molecule has 1 aromatic heterocycles. The molecule has 1 fully saturated rings. The Balaban J connectivity index is 1.33. The summed E-state index contributed by atoms with van der Waals surface area (Å²) in [6.45, 7) is 1.64. The van der Waals surface area contributed by atoms with E-state index in [-0.39, 0.29) is 24.0 Å². The van der Waals surface area contributed by atoms with Crippen molar-refractivity contribution in [3.63, 3.8) is 0 Å². The average Bonchev–Trinajstić information content (AvgIpc) is 3.39. The first-order valence-electron chi connectivity index (χ1n) is 8.72. The number of piperazine rings is 1. The molecule has 0 bridgehead atoms. The van der Waals surface area contributed by atoms with Crippen LogP contribution in [0.2, 0.25) is 0 Å². The Hall–Kier alpha value is -3.16. The monoisotopic (exact) mass is 371 g/mol. The summed E-state index contributed by atoms with van der Waals surface area (Å²) < 4.78 is 19.0. The maximum atomic E-state index is 13.9. The second-order valence-electron chi connectivity index (χ2n) is 6.41. The molecular formula is C19H18FN3O4. The number of benzene rings is 1. The van der Waals surface area contributed by atoms with Gasteiger partial charge in [0.1, 0.15) is 5.82 Å².